The average Bonchev–Trinajstić information content (AvgIpc) is 3.14. The van der Waals surface area contributed by atoms with E-state index in [1.807, 2.05) is 25.1 Å². The van der Waals surface area contributed by atoms with E-state index >= 15 is 0 Å². The highest BCUT2D eigenvalue weighted by Gasteiger charge is 2.33. The molecule has 1 unspecified atom stereocenters. The number of nitrogens with one attached hydrogen (secondary N) is 3. The van der Waals surface area contributed by atoms with Crippen LogP contribution in [0, 0.1) is 11.7 Å². The van der Waals surface area contributed by atoms with Crippen LogP contribution in [0.1, 0.15) is 34.0 Å². The van der Waals surface area contributed by atoms with Gasteiger partial charge in [0, 0.05) is 23.1 Å². The molecule has 0 bridgehead atoms. The fourth-order valence-electron chi connectivity index (χ4n) is 4.51. The zero-order valence-electron chi connectivity index (χ0n) is 17.4. The Morgan fingerprint density at radius 3 is 2.67 bits per heavy atom. The minimum absolute atomic E-state index is 0.00616. The van der Waals surface area contributed by atoms with Gasteiger partial charge in [0.15, 0.2) is 4.77 Å². The Labute approximate surface area is 190 Å². The molecule has 0 aliphatic carbocycles. The Kier molecular flexibility index (Phi) is 4.95. The monoisotopic (exact) mass is 472 g/mol. The molecule has 1 atom stereocenters. The second-order valence-corrected chi connectivity index (χ2v) is 8.42. The summed E-state index contributed by atoms with van der Waals surface area (Å²) < 4.78 is 40.6. The van der Waals surface area contributed by atoms with Gasteiger partial charge in [-0.1, -0.05) is 24.3 Å². The molecule has 2 aromatic heterocycles. The van der Waals surface area contributed by atoms with Crippen molar-refractivity contribution in [1.29, 1.82) is 0 Å². The summed E-state index contributed by atoms with van der Waals surface area (Å²) in [5.74, 6) is -0.510. The number of halogens is 3. The number of aromatic hydroxyl groups is 1. The van der Waals surface area contributed by atoms with Crippen molar-refractivity contribution in [1.82, 2.24) is 19.9 Å². The number of fused-ring (bicyclic) bond motifs is 3. The Morgan fingerprint density at radius 2 is 1.91 bits per heavy atom. The second-order valence-electron chi connectivity index (χ2n) is 8.03. The highest BCUT2D eigenvalue weighted by atomic mass is 32.1. The average molecular weight is 472 g/mol. The second kappa shape index (κ2) is 7.60. The number of hydrogen-bond donors (Lipinski definition) is 4. The third-order valence-electron chi connectivity index (χ3n) is 6.04. The van der Waals surface area contributed by atoms with Crippen molar-refractivity contribution in [2.24, 2.45) is 0 Å². The first kappa shape index (κ1) is 21.5. The quantitative estimate of drug-likeness (QED) is 0.320. The van der Waals surface area contributed by atoms with Crippen LogP contribution in [0.5, 0.6) is 5.88 Å². The smallest absolute Gasteiger partial charge is 0.416 e. The lowest BCUT2D eigenvalue weighted by atomic mass is 9.95. The SMILES string of the molecule is Cc1cccc2c3c([nH]c12)C(c1c(O)n(-c2cccc(C(F)(F)F)c2)c(=S)[nH]c1=O)NCC3. The highest BCUT2D eigenvalue weighted by Crippen LogP contribution is 2.37. The molecule has 1 aliphatic rings. The molecule has 3 heterocycles. The van der Waals surface area contributed by atoms with Gasteiger partial charge in [0.1, 0.15) is 5.56 Å². The van der Waals surface area contributed by atoms with Gasteiger partial charge in [0.05, 0.1) is 17.3 Å². The molecule has 0 radical (unpaired) electrons. The van der Waals surface area contributed by atoms with Gasteiger partial charge in [-0.05, 0) is 54.9 Å². The van der Waals surface area contributed by atoms with Gasteiger partial charge in [0.2, 0.25) is 5.88 Å². The van der Waals surface area contributed by atoms with Crippen molar-refractivity contribution >= 4 is 23.1 Å². The topological polar surface area (TPSA) is 85.8 Å². The number of H-pyrrole nitrogens is 2. The van der Waals surface area contributed by atoms with E-state index in [1.54, 1.807) is 0 Å². The van der Waals surface area contributed by atoms with Gasteiger partial charge < -0.3 is 15.4 Å². The lowest BCUT2D eigenvalue weighted by Crippen LogP contribution is -2.35. The van der Waals surface area contributed by atoms with Crippen LogP contribution in [0.4, 0.5) is 13.2 Å². The van der Waals surface area contributed by atoms with Crippen molar-refractivity contribution in [2.75, 3.05) is 6.54 Å². The first-order chi connectivity index (χ1) is 15.7. The predicted octanol–water partition coefficient (Wildman–Crippen LogP) is 4.64. The van der Waals surface area contributed by atoms with Crippen LogP contribution in [-0.2, 0) is 12.6 Å². The molecule has 4 aromatic rings. The number of alkyl halides is 3. The Morgan fingerprint density at radius 1 is 1.15 bits per heavy atom. The van der Waals surface area contributed by atoms with E-state index in [4.69, 9.17) is 12.2 Å². The lowest BCUT2D eigenvalue weighted by Gasteiger charge is -2.25. The number of benzene rings is 2. The minimum Gasteiger partial charge on any atom is -0.494 e. The van der Waals surface area contributed by atoms with E-state index in [0.717, 1.165) is 50.8 Å². The lowest BCUT2D eigenvalue weighted by molar-refractivity contribution is -0.137. The molecule has 33 heavy (non-hydrogen) atoms. The standard InChI is InChI=1S/C23H19F3N4O2S/c1-11-4-2-7-14-15-8-9-27-19(18(15)28-17(11)14)16-20(31)29-22(33)30(21(16)32)13-6-3-5-12(10-13)23(24,25)26/h2-7,10,19,27-28,32H,8-9H2,1H3,(H,29,31,33). The molecular formula is C23H19F3N4O2S. The van der Waals surface area contributed by atoms with Gasteiger partial charge in [-0.2, -0.15) is 13.2 Å². The van der Waals surface area contributed by atoms with Crippen molar-refractivity contribution in [3.05, 3.63) is 85.5 Å². The van der Waals surface area contributed by atoms with Crippen LogP contribution < -0.4 is 10.9 Å². The van der Waals surface area contributed by atoms with Crippen molar-refractivity contribution in [2.45, 2.75) is 25.6 Å². The molecule has 10 heteroatoms. The van der Waals surface area contributed by atoms with Crippen molar-refractivity contribution in [3.8, 4) is 11.6 Å². The minimum atomic E-state index is -4.57. The Bertz CT molecular complexity index is 1520. The molecule has 4 N–H and O–H groups in total. The number of aromatic amines is 2. The largest absolute Gasteiger partial charge is 0.494 e. The zero-order valence-corrected chi connectivity index (χ0v) is 18.2. The molecule has 5 rings (SSSR count). The molecule has 0 saturated carbocycles. The maximum absolute atomic E-state index is 13.2. The summed E-state index contributed by atoms with van der Waals surface area (Å²) in [5, 5.41) is 15.4. The number of para-hydroxylation sites is 1. The molecule has 2 aromatic carbocycles. The first-order valence-electron chi connectivity index (χ1n) is 10.3. The van der Waals surface area contributed by atoms with E-state index in [9.17, 15) is 23.1 Å². The first-order valence-corrected chi connectivity index (χ1v) is 10.7. The highest BCUT2D eigenvalue weighted by molar-refractivity contribution is 7.71. The third kappa shape index (κ3) is 3.46. The van der Waals surface area contributed by atoms with Crippen LogP contribution in [0.25, 0.3) is 16.6 Å². The molecular weight excluding hydrogens is 453 g/mol. The molecule has 0 spiro atoms. The van der Waals surface area contributed by atoms with Crippen LogP contribution in [0.2, 0.25) is 0 Å². The Hall–Kier alpha value is -3.37. The van der Waals surface area contributed by atoms with Gasteiger partial charge >= 0.3 is 6.18 Å². The summed E-state index contributed by atoms with van der Waals surface area (Å²) >= 11 is 5.19. The van der Waals surface area contributed by atoms with Crippen LogP contribution in [0.3, 0.4) is 0 Å². The summed E-state index contributed by atoms with van der Waals surface area (Å²) in [4.78, 5) is 18.8. The van der Waals surface area contributed by atoms with Crippen molar-refractivity contribution in [3.63, 3.8) is 0 Å². The van der Waals surface area contributed by atoms with E-state index in [0.29, 0.717) is 6.54 Å². The van der Waals surface area contributed by atoms with Crippen LogP contribution >= 0.6 is 12.2 Å². The van der Waals surface area contributed by atoms with Crippen LogP contribution in [-0.4, -0.2) is 26.2 Å². The van der Waals surface area contributed by atoms with Crippen LogP contribution in [0.15, 0.2) is 47.3 Å². The molecule has 0 fully saturated rings. The maximum atomic E-state index is 13.2. The van der Waals surface area contributed by atoms with Gasteiger partial charge in [0.25, 0.3) is 5.56 Å². The number of aromatic nitrogens is 3. The third-order valence-corrected chi connectivity index (χ3v) is 6.32. The fourth-order valence-corrected chi connectivity index (χ4v) is 4.79. The molecule has 0 saturated heterocycles. The molecule has 6 nitrogen and oxygen atoms in total. The predicted molar refractivity (Wildman–Crippen MR) is 120 cm³/mol. The summed E-state index contributed by atoms with van der Waals surface area (Å²) in [7, 11) is 0. The van der Waals surface area contributed by atoms with E-state index in [2.05, 4.69) is 15.3 Å². The summed E-state index contributed by atoms with van der Waals surface area (Å²) in [6.45, 7) is 2.53. The fraction of sp³-hybridized carbons (Fsp3) is 0.217. The molecule has 170 valence electrons. The van der Waals surface area contributed by atoms with E-state index in [-0.39, 0.29) is 16.0 Å². The number of hydrogen-bond acceptors (Lipinski definition) is 4. The van der Waals surface area contributed by atoms with E-state index in [1.165, 1.54) is 12.1 Å². The summed E-state index contributed by atoms with van der Waals surface area (Å²) in [6.07, 6.45) is -3.85. The summed E-state index contributed by atoms with van der Waals surface area (Å²) in [6, 6.07) is 9.66. The zero-order chi connectivity index (χ0) is 23.5. The molecule has 1 aliphatic heterocycles. The van der Waals surface area contributed by atoms with Gasteiger partial charge in [-0.15, -0.1) is 0 Å². The maximum Gasteiger partial charge on any atom is 0.416 e. The van der Waals surface area contributed by atoms with Gasteiger partial charge in [-0.25, -0.2) is 0 Å². The Balaban J connectivity index is 1.73. The number of nitrogens with zero attached hydrogens (tertiary/aromatic N) is 1. The van der Waals surface area contributed by atoms with Gasteiger partial charge in [-0.3, -0.25) is 14.3 Å². The number of aryl methyl sites for hydroxylation is 1. The van der Waals surface area contributed by atoms with Crippen molar-refractivity contribution < 1.29 is 18.3 Å². The normalized spacial score (nSPS) is 16.2. The number of rotatable bonds is 2. The molecule has 0 amide bonds. The van der Waals surface area contributed by atoms with E-state index < -0.39 is 29.2 Å². The summed E-state index contributed by atoms with van der Waals surface area (Å²) in [5.41, 5.74) is 2.22.